The first-order chi connectivity index (χ1) is 12.4. The maximum absolute atomic E-state index is 5.92. The van der Waals surface area contributed by atoms with Crippen LogP contribution in [0, 0.1) is 0 Å². The molecule has 25 heavy (non-hydrogen) atoms. The number of rotatable bonds is 6. The van der Waals surface area contributed by atoms with Crippen molar-refractivity contribution in [2.24, 2.45) is 4.99 Å². The van der Waals surface area contributed by atoms with Gasteiger partial charge in [0, 0.05) is 33.3 Å². The van der Waals surface area contributed by atoms with Crippen molar-refractivity contribution >= 4 is 11.5 Å². The van der Waals surface area contributed by atoms with E-state index in [0.29, 0.717) is 6.10 Å². The lowest BCUT2D eigenvalue weighted by Gasteiger charge is -2.29. The Morgan fingerprint density at radius 2 is 2.04 bits per heavy atom. The van der Waals surface area contributed by atoms with Crippen LogP contribution in [-0.4, -0.2) is 50.3 Å². The van der Waals surface area contributed by atoms with Gasteiger partial charge in [-0.1, -0.05) is 49.2 Å². The van der Waals surface area contributed by atoms with Crippen molar-refractivity contribution in [3.8, 4) is 0 Å². The van der Waals surface area contributed by atoms with Crippen LogP contribution in [0.5, 0.6) is 0 Å². The molecule has 0 radical (unpaired) electrons. The van der Waals surface area contributed by atoms with Gasteiger partial charge < -0.3 is 15.0 Å². The zero-order valence-electron chi connectivity index (χ0n) is 15.4. The molecule has 3 rings (SSSR count). The quantitative estimate of drug-likeness (QED) is 0.487. The second-order valence-corrected chi connectivity index (χ2v) is 6.90. The van der Waals surface area contributed by atoms with Crippen molar-refractivity contribution in [2.45, 2.75) is 44.6 Å². The Kier molecular flexibility index (Phi) is 6.92. The number of benzene rings is 1. The Morgan fingerprint density at radius 3 is 2.72 bits per heavy atom. The number of hydrogen-bond acceptors (Lipinski definition) is 2. The summed E-state index contributed by atoms with van der Waals surface area (Å²) in [5, 5.41) is 3.49. The van der Waals surface area contributed by atoms with E-state index in [1.54, 1.807) is 0 Å². The lowest BCUT2D eigenvalue weighted by Crippen LogP contribution is -2.43. The summed E-state index contributed by atoms with van der Waals surface area (Å²) in [5.74, 6) is 1.00. The summed E-state index contributed by atoms with van der Waals surface area (Å²) in [6.45, 7) is 3.71. The molecule has 0 unspecified atom stereocenters. The van der Waals surface area contributed by atoms with Crippen LogP contribution in [0.15, 0.2) is 41.4 Å². The Morgan fingerprint density at radius 1 is 1.24 bits per heavy atom. The molecule has 0 spiro atoms. The maximum atomic E-state index is 5.92. The van der Waals surface area contributed by atoms with E-state index in [2.05, 4.69) is 51.6 Å². The van der Waals surface area contributed by atoms with E-state index in [0.717, 1.165) is 45.0 Å². The summed E-state index contributed by atoms with van der Waals surface area (Å²) in [6.07, 6.45) is 10.1. The van der Waals surface area contributed by atoms with E-state index in [-0.39, 0.29) is 0 Å². The normalized spacial score (nSPS) is 19.2. The summed E-state index contributed by atoms with van der Waals surface area (Å²) < 4.78 is 5.92. The van der Waals surface area contributed by atoms with Crippen molar-refractivity contribution < 1.29 is 4.74 Å². The minimum Gasteiger partial charge on any atom is -0.378 e. The van der Waals surface area contributed by atoms with Gasteiger partial charge in [0.05, 0.1) is 6.10 Å². The Hall–Kier alpha value is -1.81. The number of hydrogen-bond donors (Lipinski definition) is 1. The molecule has 0 atom stereocenters. The molecule has 136 valence electrons. The van der Waals surface area contributed by atoms with Gasteiger partial charge in [0.1, 0.15) is 0 Å². The first kappa shape index (κ1) is 18.0. The Bertz CT molecular complexity index is 576. The third kappa shape index (κ3) is 5.33. The fourth-order valence-electron chi connectivity index (χ4n) is 3.69. The van der Waals surface area contributed by atoms with E-state index >= 15 is 0 Å². The standard InChI is InChI=1S/C21H31N3O/c1-22-21(23-14-7-17-25-20-10-5-6-11-20)24-15-12-19(13-16-24)18-8-3-2-4-9-18/h2-4,8-9,12,20H,5-7,10-11,13-17H2,1H3,(H,22,23). The topological polar surface area (TPSA) is 36.9 Å². The van der Waals surface area contributed by atoms with Crippen LogP contribution in [0.4, 0.5) is 0 Å². The Balaban J connectivity index is 1.39. The van der Waals surface area contributed by atoms with Gasteiger partial charge in [-0.25, -0.2) is 0 Å². The van der Waals surface area contributed by atoms with Crippen molar-refractivity contribution in [3.63, 3.8) is 0 Å². The molecule has 1 aliphatic carbocycles. The largest absolute Gasteiger partial charge is 0.378 e. The number of nitrogens with zero attached hydrogens (tertiary/aromatic N) is 2. The molecule has 1 heterocycles. The predicted molar refractivity (Wildman–Crippen MR) is 105 cm³/mol. The highest BCUT2D eigenvalue weighted by atomic mass is 16.5. The monoisotopic (exact) mass is 341 g/mol. The molecule has 1 aromatic rings. The van der Waals surface area contributed by atoms with E-state index in [1.807, 2.05) is 7.05 Å². The third-order valence-corrected chi connectivity index (χ3v) is 5.13. The molecule has 0 aromatic heterocycles. The number of guanidine groups is 1. The summed E-state index contributed by atoms with van der Waals surface area (Å²) >= 11 is 0. The molecule has 0 saturated heterocycles. The van der Waals surface area contributed by atoms with Crippen LogP contribution < -0.4 is 5.32 Å². The first-order valence-electron chi connectivity index (χ1n) is 9.68. The van der Waals surface area contributed by atoms with Gasteiger partial charge >= 0.3 is 0 Å². The lowest BCUT2D eigenvalue weighted by atomic mass is 10.00. The highest BCUT2D eigenvalue weighted by Gasteiger charge is 2.16. The fourth-order valence-corrected chi connectivity index (χ4v) is 3.69. The third-order valence-electron chi connectivity index (χ3n) is 5.13. The molecule has 4 heteroatoms. The van der Waals surface area contributed by atoms with Crippen LogP contribution in [0.2, 0.25) is 0 Å². The molecule has 1 aromatic carbocycles. The fraction of sp³-hybridized carbons (Fsp3) is 0.571. The molecule has 2 aliphatic rings. The van der Waals surface area contributed by atoms with Crippen LogP contribution in [0.25, 0.3) is 5.57 Å². The van der Waals surface area contributed by atoms with Gasteiger partial charge in [0.25, 0.3) is 0 Å². The lowest BCUT2D eigenvalue weighted by molar-refractivity contribution is 0.0573. The molecular formula is C21H31N3O. The summed E-state index contributed by atoms with van der Waals surface area (Å²) in [4.78, 5) is 6.77. The smallest absolute Gasteiger partial charge is 0.193 e. The van der Waals surface area contributed by atoms with Gasteiger partial charge in [-0.05, 0) is 36.8 Å². The van der Waals surface area contributed by atoms with Crippen molar-refractivity contribution in [2.75, 3.05) is 33.3 Å². The molecule has 1 N–H and O–H groups in total. The van der Waals surface area contributed by atoms with Gasteiger partial charge in [-0.15, -0.1) is 0 Å². The van der Waals surface area contributed by atoms with Gasteiger partial charge in [-0.2, -0.15) is 0 Å². The van der Waals surface area contributed by atoms with E-state index in [1.165, 1.54) is 36.8 Å². The molecule has 0 bridgehead atoms. The molecule has 1 saturated carbocycles. The van der Waals surface area contributed by atoms with Crippen molar-refractivity contribution in [1.82, 2.24) is 10.2 Å². The summed E-state index contributed by atoms with van der Waals surface area (Å²) in [7, 11) is 1.87. The molecule has 1 fully saturated rings. The van der Waals surface area contributed by atoms with Crippen LogP contribution in [0.1, 0.15) is 44.1 Å². The highest BCUT2D eigenvalue weighted by Crippen LogP contribution is 2.22. The maximum Gasteiger partial charge on any atom is 0.193 e. The van der Waals surface area contributed by atoms with Crippen LogP contribution in [0.3, 0.4) is 0 Å². The molecular weight excluding hydrogens is 310 g/mol. The average Bonchev–Trinajstić information content (AvgIpc) is 3.19. The minimum absolute atomic E-state index is 0.517. The van der Waals surface area contributed by atoms with Gasteiger partial charge in [-0.3, -0.25) is 4.99 Å². The summed E-state index contributed by atoms with van der Waals surface area (Å²) in [5.41, 5.74) is 2.78. The zero-order chi connectivity index (χ0) is 17.3. The van der Waals surface area contributed by atoms with E-state index in [4.69, 9.17) is 4.74 Å². The number of aliphatic imine (C=N–C) groups is 1. The average molecular weight is 341 g/mol. The highest BCUT2D eigenvalue weighted by molar-refractivity contribution is 5.81. The zero-order valence-corrected chi connectivity index (χ0v) is 15.4. The predicted octanol–water partition coefficient (Wildman–Crippen LogP) is 3.70. The van der Waals surface area contributed by atoms with Crippen molar-refractivity contribution in [3.05, 3.63) is 42.0 Å². The Labute approximate surface area is 152 Å². The molecule has 1 aliphatic heterocycles. The van der Waals surface area contributed by atoms with Crippen molar-refractivity contribution in [1.29, 1.82) is 0 Å². The van der Waals surface area contributed by atoms with E-state index in [9.17, 15) is 0 Å². The van der Waals surface area contributed by atoms with Crippen LogP contribution in [-0.2, 0) is 4.74 Å². The second kappa shape index (κ2) is 9.62. The van der Waals surface area contributed by atoms with E-state index < -0.39 is 0 Å². The summed E-state index contributed by atoms with van der Waals surface area (Å²) in [6, 6.07) is 10.7. The second-order valence-electron chi connectivity index (χ2n) is 6.90. The SMILES string of the molecule is CN=C(NCCCOC1CCCC1)N1CC=C(c2ccccc2)CC1. The molecule has 0 amide bonds. The van der Waals surface area contributed by atoms with Crippen LogP contribution >= 0.6 is 0 Å². The molecule has 4 nitrogen and oxygen atoms in total. The van der Waals surface area contributed by atoms with Gasteiger partial charge in [0.15, 0.2) is 5.96 Å². The first-order valence-corrected chi connectivity index (χ1v) is 9.68. The van der Waals surface area contributed by atoms with Gasteiger partial charge in [0.2, 0.25) is 0 Å². The minimum atomic E-state index is 0.517. The number of nitrogens with one attached hydrogen (secondary N) is 1. The number of ether oxygens (including phenoxy) is 1.